The fourth-order valence-corrected chi connectivity index (χ4v) is 19.8. The average Bonchev–Trinajstić information content (AvgIpc) is 2.44. The van der Waals surface area contributed by atoms with Crippen LogP contribution in [0.4, 0.5) is 0 Å². The lowest BCUT2D eigenvalue weighted by Gasteiger charge is -2.56. The number of hydrogen-bond donors (Lipinski definition) is 0. The van der Waals surface area contributed by atoms with Gasteiger partial charge in [0.2, 0.25) is 0 Å². The van der Waals surface area contributed by atoms with E-state index in [0.717, 1.165) is 0 Å². The first-order valence-electron chi connectivity index (χ1n) is 7.95. The molecule has 0 bridgehead atoms. The lowest BCUT2D eigenvalue weighted by molar-refractivity contribution is 0.205. The molecule has 2 unspecified atom stereocenters. The second-order valence-corrected chi connectivity index (χ2v) is 19.3. The lowest BCUT2D eigenvalue weighted by atomic mass is 10.2. The summed E-state index contributed by atoms with van der Waals surface area (Å²) in [6.07, 6.45) is 0. The molecule has 2 atom stereocenters. The summed E-state index contributed by atoms with van der Waals surface area (Å²) in [7, 11) is -7.88. The van der Waals surface area contributed by atoms with Gasteiger partial charge in [0.1, 0.15) is 0 Å². The molecule has 1 rings (SSSR count). The summed E-state index contributed by atoms with van der Waals surface area (Å²) in [6.45, 7) is 27.2. The van der Waals surface area contributed by atoms with Crippen molar-refractivity contribution in [2.24, 2.45) is 0 Å². The maximum atomic E-state index is 6.68. The fraction of sp³-hybridized carbons (Fsp3) is 0.625. The van der Waals surface area contributed by atoms with E-state index >= 15 is 0 Å². The van der Waals surface area contributed by atoms with Crippen LogP contribution in [0.1, 0.15) is 48.5 Å². The van der Waals surface area contributed by atoms with Crippen LogP contribution in [0.3, 0.4) is 0 Å². The van der Waals surface area contributed by atoms with E-state index in [2.05, 4.69) is 68.2 Å². The summed E-state index contributed by atoms with van der Waals surface area (Å²) in [4.78, 5) is 0. The Morgan fingerprint density at radius 3 is 1.27 bits per heavy atom. The quantitative estimate of drug-likeness (QED) is 0.636. The third-order valence-electron chi connectivity index (χ3n) is 4.43. The van der Waals surface area contributed by atoms with Crippen LogP contribution in [-0.2, 0) is 12.3 Å². The average molecular weight is 357 g/mol. The highest BCUT2D eigenvalue weighted by Crippen LogP contribution is 2.50. The Morgan fingerprint density at radius 1 is 0.727 bits per heavy atom. The highest BCUT2D eigenvalue weighted by molar-refractivity contribution is 7.00. The Kier molecular flexibility index (Phi) is 5.70. The van der Waals surface area contributed by atoms with Crippen LogP contribution < -0.4 is 0 Å². The van der Waals surface area contributed by atoms with Gasteiger partial charge in [-0.15, -0.1) is 19.7 Å². The van der Waals surface area contributed by atoms with Crippen LogP contribution in [0.5, 0.6) is 0 Å². The van der Waals surface area contributed by atoms with E-state index in [0.29, 0.717) is 0 Å². The molecule has 126 valence electrons. The second-order valence-electron chi connectivity index (χ2n) is 7.59. The van der Waals surface area contributed by atoms with Crippen molar-refractivity contribution in [2.45, 2.75) is 64.6 Å². The minimum atomic E-state index is -2.68. The molecule has 1 fully saturated rings. The molecule has 1 saturated heterocycles. The first-order chi connectivity index (χ1) is 9.94. The molecule has 0 aliphatic carbocycles. The fourth-order valence-electron chi connectivity index (χ4n) is 2.59. The van der Waals surface area contributed by atoms with Crippen LogP contribution >= 0.6 is 0 Å². The first kappa shape index (κ1) is 19.8. The van der Waals surface area contributed by atoms with Crippen molar-refractivity contribution in [2.75, 3.05) is 0 Å². The van der Waals surface area contributed by atoms with Crippen molar-refractivity contribution in [3.8, 4) is 0 Å². The first-order valence-corrected chi connectivity index (χ1v) is 13.8. The van der Waals surface area contributed by atoms with Crippen LogP contribution in [0, 0.1) is 0 Å². The van der Waals surface area contributed by atoms with E-state index in [1.807, 2.05) is 17.1 Å². The van der Waals surface area contributed by atoms with E-state index in [4.69, 9.17) is 12.3 Å². The van der Waals surface area contributed by atoms with Crippen molar-refractivity contribution >= 4 is 25.7 Å². The van der Waals surface area contributed by atoms with Gasteiger partial charge in [-0.2, -0.15) is 0 Å². The maximum absolute atomic E-state index is 6.68. The van der Waals surface area contributed by atoms with Gasteiger partial charge in [0.15, 0.2) is 0 Å². The molecule has 22 heavy (non-hydrogen) atoms. The molecule has 6 heteroatoms. The van der Waals surface area contributed by atoms with Crippen LogP contribution in [0.25, 0.3) is 0 Å². The molecule has 0 saturated carbocycles. The van der Waals surface area contributed by atoms with E-state index in [9.17, 15) is 0 Å². The van der Waals surface area contributed by atoms with Crippen LogP contribution in [-0.4, -0.2) is 25.7 Å². The summed E-state index contributed by atoms with van der Waals surface area (Å²) in [5.74, 6) is 0. The van der Waals surface area contributed by atoms with Crippen molar-refractivity contribution in [3.05, 3.63) is 36.8 Å². The zero-order chi connectivity index (χ0) is 17.4. The summed E-state index contributed by atoms with van der Waals surface area (Å²) in [5, 5.41) is -0.134. The van der Waals surface area contributed by atoms with Gasteiger partial charge in [0, 0.05) is 5.04 Å². The molecule has 3 nitrogen and oxygen atoms in total. The van der Waals surface area contributed by atoms with Gasteiger partial charge in [-0.05, 0) is 11.1 Å². The minimum Gasteiger partial charge on any atom is -0.409 e. The van der Waals surface area contributed by atoms with Gasteiger partial charge < -0.3 is 12.3 Å². The molecule has 0 N–H and O–H groups in total. The molecule has 0 spiro atoms. The number of hydrogen-bond acceptors (Lipinski definition) is 3. The zero-order valence-corrected chi connectivity index (χ0v) is 18.2. The molecule has 1 aliphatic heterocycles. The van der Waals surface area contributed by atoms with E-state index in [-0.39, 0.29) is 16.1 Å². The summed E-state index contributed by atoms with van der Waals surface area (Å²) < 4.78 is 20.0. The smallest absolute Gasteiger partial charge is 0.352 e. The van der Waals surface area contributed by atoms with Gasteiger partial charge in [-0.3, -0.25) is 0 Å². The molecule has 0 radical (unpaired) electrons. The Hall–Kier alpha value is -0.249. The van der Waals surface area contributed by atoms with Crippen molar-refractivity contribution in [1.29, 1.82) is 0 Å². The van der Waals surface area contributed by atoms with Crippen LogP contribution in [0.15, 0.2) is 36.8 Å². The molecule has 0 aromatic carbocycles. The predicted molar refractivity (Wildman–Crippen MR) is 101 cm³/mol. The van der Waals surface area contributed by atoms with Crippen molar-refractivity contribution < 1.29 is 12.3 Å². The second kappa shape index (κ2) is 6.33. The molecular weight excluding hydrogens is 324 g/mol. The van der Waals surface area contributed by atoms with Gasteiger partial charge in [-0.1, -0.05) is 65.6 Å². The topological polar surface area (TPSA) is 27.7 Å². The largest absolute Gasteiger partial charge is 0.409 e. The molecule has 0 aromatic rings. The molecule has 0 amide bonds. The Morgan fingerprint density at radius 2 is 1.09 bits per heavy atom. The third kappa shape index (κ3) is 3.05. The summed E-state index contributed by atoms with van der Waals surface area (Å²) in [6, 6.07) is 0. The van der Waals surface area contributed by atoms with Gasteiger partial charge >= 0.3 is 25.7 Å². The van der Waals surface area contributed by atoms with E-state index < -0.39 is 25.7 Å². The van der Waals surface area contributed by atoms with Crippen molar-refractivity contribution in [3.63, 3.8) is 0 Å². The predicted octanol–water partition coefficient (Wildman–Crippen LogP) is 5.17. The summed E-state index contributed by atoms with van der Waals surface area (Å²) in [5.41, 5.74) is 6.29. The van der Waals surface area contributed by atoms with Crippen LogP contribution in [0.2, 0.25) is 16.1 Å². The van der Waals surface area contributed by atoms with Gasteiger partial charge in [-0.25, -0.2) is 0 Å². The highest BCUT2D eigenvalue weighted by Gasteiger charge is 2.65. The Balaban J connectivity index is 3.60. The lowest BCUT2D eigenvalue weighted by Crippen LogP contribution is -2.73. The standard InChI is InChI=1S/C16H32O3Si3/c1-11-20(14(4)5)17-21(12-2,15(6)7)19-22(13-3,18-20)16(8,9)10/h11-15H,1-3H2,4-10H3. The SMILES string of the molecule is C=C[Si]1(C(C)C)O[Si](C=C)(C(C)C)O[Si](C=C)(C(C)(C)C)O1. The number of rotatable bonds is 5. The molecular formula is C16H32O3Si3. The van der Waals surface area contributed by atoms with Gasteiger partial charge in [0.05, 0.1) is 0 Å². The van der Waals surface area contributed by atoms with E-state index in [1.165, 1.54) is 0 Å². The Labute approximate surface area is 139 Å². The van der Waals surface area contributed by atoms with Gasteiger partial charge in [0.25, 0.3) is 0 Å². The molecule has 1 heterocycles. The maximum Gasteiger partial charge on any atom is 0.352 e. The highest BCUT2D eigenvalue weighted by atomic mass is 28.5. The Bertz CT molecular complexity index is 428. The summed E-state index contributed by atoms with van der Waals surface area (Å²) >= 11 is 0. The van der Waals surface area contributed by atoms with E-state index in [1.54, 1.807) is 0 Å². The third-order valence-corrected chi connectivity index (χ3v) is 18.9. The minimum absolute atomic E-state index is 0.134. The van der Waals surface area contributed by atoms with Crippen molar-refractivity contribution in [1.82, 2.24) is 0 Å². The molecule has 1 aliphatic rings. The monoisotopic (exact) mass is 356 g/mol. The zero-order valence-electron chi connectivity index (χ0n) is 15.2. The normalized spacial score (nSPS) is 36.4. The molecule has 0 aromatic heterocycles.